The lowest BCUT2D eigenvalue weighted by atomic mass is 9.92. The number of anilines is 1. The van der Waals surface area contributed by atoms with Crippen molar-refractivity contribution in [2.75, 3.05) is 37.0 Å². The number of imidazole rings is 1. The number of aryl methyl sites for hydroxylation is 1. The van der Waals surface area contributed by atoms with E-state index in [1.165, 1.54) is 56.0 Å². The lowest BCUT2D eigenvalue weighted by Crippen LogP contribution is -2.27. The molecule has 3 N–H and O–H groups in total. The zero-order valence-electron chi connectivity index (χ0n) is 20.0. The Labute approximate surface area is 206 Å². The van der Waals surface area contributed by atoms with Crippen molar-refractivity contribution in [3.05, 3.63) is 0 Å². The predicted molar refractivity (Wildman–Crippen MR) is 140 cm³/mol. The van der Waals surface area contributed by atoms with Gasteiger partial charge in [0.05, 0.1) is 13.7 Å². The number of hydrogen-bond acceptors (Lipinski definition) is 7. The molecule has 32 heavy (non-hydrogen) atoms. The fourth-order valence-electron chi connectivity index (χ4n) is 3.94. The van der Waals surface area contributed by atoms with E-state index in [1.54, 1.807) is 7.11 Å². The van der Waals surface area contributed by atoms with Gasteiger partial charge >= 0.3 is 6.01 Å². The van der Waals surface area contributed by atoms with Crippen molar-refractivity contribution in [1.29, 1.82) is 0 Å². The summed E-state index contributed by atoms with van der Waals surface area (Å²) in [7, 11) is 1.62. The number of halogens is 1. The van der Waals surface area contributed by atoms with E-state index in [0.29, 0.717) is 35.6 Å². The fourth-order valence-corrected chi connectivity index (χ4v) is 3.94. The molecule has 2 aromatic heterocycles. The summed E-state index contributed by atoms with van der Waals surface area (Å²) in [5, 5.41) is 3.44. The minimum Gasteiger partial charge on any atom is -0.468 e. The maximum Gasteiger partial charge on any atom is 0.320 e. The highest BCUT2D eigenvalue weighted by atomic mass is 127. The van der Waals surface area contributed by atoms with Gasteiger partial charge < -0.3 is 20.5 Å². The van der Waals surface area contributed by atoms with Crippen LogP contribution in [0.5, 0.6) is 12.0 Å². The van der Waals surface area contributed by atoms with Gasteiger partial charge in [0, 0.05) is 6.54 Å². The number of nitrogen functional groups attached to an aromatic ring is 1. The number of nitrogens with two attached hydrogens (primary N) is 1. The molecular weight excluding hydrogens is 519 g/mol. The molecule has 9 heteroatoms. The normalized spacial score (nSPS) is 14.2. The van der Waals surface area contributed by atoms with Crippen LogP contribution >= 0.6 is 22.6 Å². The van der Waals surface area contributed by atoms with Crippen molar-refractivity contribution in [3.8, 4) is 12.0 Å². The zero-order valence-corrected chi connectivity index (χ0v) is 22.2. The molecule has 182 valence electrons. The van der Waals surface area contributed by atoms with Gasteiger partial charge in [-0.3, -0.25) is 4.57 Å². The van der Waals surface area contributed by atoms with Crippen LogP contribution < -0.4 is 20.5 Å². The third-order valence-electron chi connectivity index (χ3n) is 5.68. The number of nitrogens with one attached hydrogen (secondary N) is 1. The van der Waals surface area contributed by atoms with E-state index in [0.717, 1.165) is 31.7 Å². The van der Waals surface area contributed by atoms with Gasteiger partial charge in [0.25, 0.3) is 6.01 Å². The Morgan fingerprint density at radius 2 is 1.78 bits per heavy atom. The summed E-state index contributed by atoms with van der Waals surface area (Å²) in [5.41, 5.74) is 7.37. The number of unbranched alkanes of at least 4 members (excludes halogenated alkanes) is 4. The van der Waals surface area contributed by atoms with E-state index < -0.39 is 0 Å². The topological polar surface area (TPSA) is 100 Å². The summed E-state index contributed by atoms with van der Waals surface area (Å²) in [6, 6.07) is 0.843. The Kier molecular flexibility index (Phi) is 13.0. The van der Waals surface area contributed by atoms with E-state index in [-0.39, 0.29) is 0 Å². The molecule has 0 amide bonds. The quantitative estimate of drug-likeness (QED) is 0.214. The second-order valence-electron chi connectivity index (χ2n) is 8.18. The monoisotopic (exact) mass is 560 g/mol. The van der Waals surface area contributed by atoms with Crippen molar-refractivity contribution < 1.29 is 9.47 Å². The second-order valence-corrected chi connectivity index (χ2v) is 9.70. The summed E-state index contributed by atoms with van der Waals surface area (Å²) < 4.78 is 14.3. The molecule has 1 saturated heterocycles. The fraction of sp³-hybridized carbons (Fsp3) is 0.783. The number of alkyl halides is 1. The molecule has 3 heterocycles. The smallest absolute Gasteiger partial charge is 0.320 e. The summed E-state index contributed by atoms with van der Waals surface area (Å²) >= 11 is 2.29. The van der Waals surface area contributed by atoms with Gasteiger partial charge in [0.1, 0.15) is 0 Å². The first-order valence-electron chi connectivity index (χ1n) is 12.1. The molecule has 0 atom stereocenters. The Bertz CT molecular complexity index is 779. The van der Waals surface area contributed by atoms with Gasteiger partial charge in [-0.2, -0.15) is 15.0 Å². The highest BCUT2D eigenvalue weighted by Crippen LogP contribution is 2.26. The van der Waals surface area contributed by atoms with Crippen LogP contribution in [0, 0.1) is 5.92 Å². The van der Waals surface area contributed by atoms with Crippen LogP contribution in [0.4, 0.5) is 5.82 Å². The molecule has 8 nitrogen and oxygen atoms in total. The van der Waals surface area contributed by atoms with Crippen LogP contribution in [0.15, 0.2) is 0 Å². The minimum absolute atomic E-state index is 0.314. The van der Waals surface area contributed by atoms with E-state index in [4.69, 9.17) is 15.2 Å². The number of aromatic nitrogens is 4. The summed E-state index contributed by atoms with van der Waals surface area (Å²) in [4.78, 5) is 13.3. The van der Waals surface area contributed by atoms with Crippen molar-refractivity contribution in [2.45, 2.75) is 78.2 Å². The van der Waals surface area contributed by atoms with Crippen LogP contribution in [0.1, 0.15) is 71.6 Å². The molecule has 0 aliphatic carbocycles. The molecule has 1 aliphatic rings. The minimum atomic E-state index is 0.314. The second kappa shape index (κ2) is 15.5. The highest BCUT2D eigenvalue weighted by Gasteiger charge is 2.18. The third-order valence-corrected chi connectivity index (χ3v) is 5.68. The maximum atomic E-state index is 6.10. The molecule has 2 aromatic rings. The number of methoxy groups -OCH3 is 1. The Morgan fingerprint density at radius 1 is 1.06 bits per heavy atom. The number of ether oxygens (including phenoxy) is 2. The van der Waals surface area contributed by atoms with E-state index in [1.807, 2.05) is 4.57 Å². The van der Waals surface area contributed by atoms with Crippen LogP contribution in [0.25, 0.3) is 11.2 Å². The third kappa shape index (κ3) is 8.53. The van der Waals surface area contributed by atoms with Crippen LogP contribution in [0.3, 0.4) is 0 Å². The molecule has 0 bridgehead atoms. The highest BCUT2D eigenvalue weighted by molar-refractivity contribution is 14.1. The lowest BCUT2D eigenvalue weighted by Gasteiger charge is -2.22. The van der Waals surface area contributed by atoms with Gasteiger partial charge in [-0.05, 0) is 49.1 Å². The van der Waals surface area contributed by atoms with Crippen molar-refractivity contribution >= 4 is 39.6 Å². The average molecular weight is 561 g/mol. The van der Waals surface area contributed by atoms with Gasteiger partial charge in [-0.1, -0.05) is 68.5 Å². The summed E-state index contributed by atoms with van der Waals surface area (Å²) in [6.07, 6.45) is 10.9. The standard InChI is InChI=1S/C21H36N6O2.C2H5I/c1-3-4-15-29-20-25-18(22)17-19(26-20)27(21(24-17)28-2)14-8-6-5-7-9-16-10-12-23-13-11-16;1-2-3/h16,23H,3-15H2,1-2H3,(H2,22,25,26);2H2,1H3. The number of nitrogens with zero attached hydrogens (tertiary/aromatic N) is 4. The van der Waals surface area contributed by atoms with E-state index in [2.05, 4.69) is 56.7 Å². The first kappa shape index (κ1) is 26.9. The van der Waals surface area contributed by atoms with Gasteiger partial charge in [-0.25, -0.2) is 0 Å². The predicted octanol–water partition coefficient (Wildman–Crippen LogP) is 4.99. The molecule has 3 rings (SSSR count). The number of hydrogen-bond donors (Lipinski definition) is 2. The first-order chi connectivity index (χ1) is 15.6. The molecule has 0 unspecified atom stereocenters. The molecule has 0 radical (unpaired) electrons. The SMILES string of the molecule is CCCCOc1nc(N)c2nc(OC)n(CCCCCCC3CCNCC3)c2n1.CCI. The molecule has 1 aliphatic heterocycles. The maximum absolute atomic E-state index is 6.10. The van der Waals surface area contributed by atoms with Gasteiger partial charge in [-0.15, -0.1) is 0 Å². The van der Waals surface area contributed by atoms with Crippen LogP contribution in [-0.2, 0) is 6.54 Å². The molecule has 0 spiro atoms. The van der Waals surface area contributed by atoms with E-state index >= 15 is 0 Å². The van der Waals surface area contributed by atoms with Gasteiger partial charge in [0.2, 0.25) is 0 Å². The zero-order chi connectivity index (χ0) is 23.2. The number of piperidine rings is 1. The Morgan fingerprint density at radius 3 is 2.47 bits per heavy atom. The van der Waals surface area contributed by atoms with Crippen molar-refractivity contribution in [2.24, 2.45) is 5.92 Å². The first-order valence-corrected chi connectivity index (χ1v) is 13.6. The van der Waals surface area contributed by atoms with Crippen molar-refractivity contribution in [1.82, 2.24) is 24.8 Å². The van der Waals surface area contributed by atoms with Crippen LogP contribution in [-0.4, -0.2) is 50.8 Å². The Hall–Kier alpha value is -1.36. The number of fused-ring (bicyclic) bond motifs is 1. The molecular formula is C23H41IN6O2. The van der Waals surface area contributed by atoms with Gasteiger partial charge in [0.15, 0.2) is 17.0 Å². The van der Waals surface area contributed by atoms with Crippen LogP contribution in [0.2, 0.25) is 0 Å². The largest absolute Gasteiger partial charge is 0.468 e. The lowest BCUT2D eigenvalue weighted by molar-refractivity contribution is 0.286. The number of rotatable bonds is 12. The van der Waals surface area contributed by atoms with Crippen molar-refractivity contribution in [3.63, 3.8) is 0 Å². The summed E-state index contributed by atoms with van der Waals surface area (Å²) in [6.45, 7) is 8.00. The molecule has 0 saturated carbocycles. The molecule has 1 fully saturated rings. The van der Waals surface area contributed by atoms with E-state index in [9.17, 15) is 0 Å². The average Bonchev–Trinajstić information content (AvgIpc) is 3.16. The summed E-state index contributed by atoms with van der Waals surface area (Å²) in [5.74, 6) is 1.25. The molecule has 0 aromatic carbocycles. The Balaban J connectivity index is 0.00000114.